The molecule has 1 aliphatic rings. The topological polar surface area (TPSA) is 55.4 Å². The summed E-state index contributed by atoms with van der Waals surface area (Å²) in [4.78, 5) is 25.9. The van der Waals surface area contributed by atoms with Crippen LogP contribution in [0.2, 0.25) is 0 Å². The van der Waals surface area contributed by atoms with Crippen LogP contribution in [-0.4, -0.2) is 18.0 Å². The maximum absolute atomic E-state index is 13.5. The first-order chi connectivity index (χ1) is 11.0. The maximum Gasteiger partial charge on any atom is 0.349 e. The lowest BCUT2D eigenvalue weighted by molar-refractivity contribution is -0.123. The van der Waals surface area contributed by atoms with Gasteiger partial charge in [-0.25, -0.2) is 9.18 Å². The number of rotatable bonds is 4. The highest BCUT2D eigenvalue weighted by atomic mass is 32.1. The molecule has 1 N–H and O–H groups in total. The number of anilines is 1. The van der Waals surface area contributed by atoms with Crippen molar-refractivity contribution in [2.24, 2.45) is 0 Å². The average molecular weight is 333 g/mol. The number of hydrogen-bond donors (Lipinski definition) is 1. The lowest BCUT2D eigenvalue weighted by Crippen LogP contribution is -2.30. The minimum atomic E-state index is -1.00. The number of para-hydroxylation sites is 1. The molecule has 3 rings (SSSR count). The van der Waals surface area contributed by atoms with E-state index in [2.05, 4.69) is 5.32 Å². The van der Waals surface area contributed by atoms with Gasteiger partial charge < -0.3 is 10.1 Å². The van der Waals surface area contributed by atoms with E-state index in [4.69, 9.17) is 4.74 Å². The van der Waals surface area contributed by atoms with Crippen LogP contribution in [0.5, 0.6) is 0 Å². The normalized spacial score (nSPS) is 14.2. The Kier molecular flexibility index (Phi) is 4.43. The molecule has 0 saturated carbocycles. The molecular weight excluding hydrogens is 317 g/mol. The molecule has 0 aliphatic heterocycles. The van der Waals surface area contributed by atoms with E-state index >= 15 is 0 Å². The average Bonchev–Trinajstić information content (AvgIpc) is 3.10. The van der Waals surface area contributed by atoms with Crippen molar-refractivity contribution in [3.8, 4) is 0 Å². The molecular formula is C17H16FNO3S. The van der Waals surface area contributed by atoms with Crippen LogP contribution < -0.4 is 5.32 Å². The number of amides is 1. The monoisotopic (exact) mass is 333 g/mol. The standard InChI is InChI=1S/C17H16FNO3S/c1-10(16(20)19-13-7-3-2-6-12(13)18)22-17(21)15-9-11-5-4-8-14(11)23-15/h2-3,6-7,9-10H,4-5,8H2,1H3,(H,19,20)/t10-/m0/s1. The smallest absolute Gasteiger partial charge is 0.349 e. The summed E-state index contributed by atoms with van der Waals surface area (Å²) in [6.45, 7) is 1.47. The molecule has 0 unspecified atom stereocenters. The molecule has 0 saturated heterocycles. The summed E-state index contributed by atoms with van der Waals surface area (Å²) in [5.74, 6) is -1.61. The molecule has 1 aromatic heterocycles. The van der Waals surface area contributed by atoms with Gasteiger partial charge in [0.15, 0.2) is 6.10 Å². The van der Waals surface area contributed by atoms with E-state index in [1.807, 2.05) is 6.07 Å². The minimum absolute atomic E-state index is 0.0653. The predicted molar refractivity (Wildman–Crippen MR) is 86.3 cm³/mol. The fourth-order valence-electron chi connectivity index (χ4n) is 2.50. The number of thiophene rings is 1. The molecule has 1 amide bonds. The van der Waals surface area contributed by atoms with Crippen molar-refractivity contribution >= 4 is 28.9 Å². The molecule has 0 spiro atoms. The minimum Gasteiger partial charge on any atom is -0.448 e. The Morgan fingerprint density at radius 1 is 1.30 bits per heavy atom. The third-order valence-corrected chi connectivity index (χ3v) is 4.95. The van der Waals surface area contributed by atoms with E-state index in [-0.39, 0.29) is 5.69 Å². The number of benzene rings is 1. The number of esters is 1. The van der Waals surface area contributed by atoms with Crippen molar-refractivity contribution < 1.29 is 18.7 Å². The zero-order valence-corrected chi connectivity index (χ0v) is 13.4. The van der Waals surface area contributed by atoms with Gasteiger partial charge in [-0.15, -0.1) is 11.3 Å². The molecule has 1 heterocycles. The Labute approximate surface area is 137 Å². The number of ether oxygens (including phenoxy) is 1. The van der Waals surface area contributed by atoms with Gasteiger partial charge >= 0.3 is 5.97 Å². The van der Waals surface area contributed by atoms with E-state index in [0.717, 1.165) is 19.3 Å². The molecule has 2 aromatic rings. The molecule has 0 bridgehead atoms. The van der Waals surface area contributed by atoms with Crippen LogP contribution in [0, 0.1) is 5.82 Å². The molecule has 0 fully saturated rings. The number of halogens is 1. The van der Waals surface area contributed by atoms with E-state index in [1.54, 1.807) is 6.07 Å². The first-order valence-corrected chi connectivity index (χ1v) is 8.24. The van der Waals surface area contributed by atoms with Gasteiger partial charge in [0, 0.05) is 4.88 Å². The van der Waals surface area contributed by atoms with Crippen molar-refractivity contribution in [3.63, 3.8) is 0 Å². The predicted octanol–water partition coefficient (Wildman–Crippen LogP) is 3.56. The van der Waals surface area contributed by atoms with Gasteiger partial charge in [0.2, 0.25) is 0 Å². The molecule has 0 radical (unpaired) electrons. The molecule has 4 nitrogen and oxygen atoms in total. The lowest BCUT2D eigenvalue weighted by Gasteiger charge is -2.13. The number of aryl methyl sites for hydroxylation is 2. The Morgan fingerprint density at radius 2 is 2.09 bits per heavy atom. The van der Waals surface area contributed by atoms with Crippen molar-refractivity contribution in [3.05, 3.63) is 51.5 Å². The molecule has 1 aliphatic carbocycles. The summed E-state index contributed by atoms with van der Waals surface area (Å²) in [5, 5.41) is 2.42. The Morgan fingerprint density at radius 3 is 2.83 bits per heavy atom. The first kappa shape index (κ1) is 15.7. The highest BCUT2D eigenvalue weighted by molar-refractivity contribution is 7.14. The molecule has 6 heteroatoms. The highest BCUT2D eigenvalue weighted by Gasteiger charge is 2.23. The third-order valence-electron chi connectivity index (χ3n) is 3.73. The van der Waals surface area contributed by atoms with Crippen molar-refractivity contribution in [2.75, 3.05) is 5.32 Å². The van der Waals surface area contributed by atoms with E-state index < -0.39 is 23.8 Å². The lowest BCUT2D eigenvalue weighted by atomic mass is 10.2. The van der Waals surface area contributed by atoms with Gasteiger partial charge in [-0.3, -0.25) is 4.79 Å². The summed E-state index contributed by atoms with van der Waals surface area (Å²) in [6, 6.07) is 7.69. The fraction of sp³-hybridized carbons (Fsp3) is 0.294. The van der Waals surface area contributed by atoms with Crippen molar-refractivity contribution in [2.45, 2.75) is 32.3 Å². The van der Waals surface area contributed by atoms with Gasteiger partial charge in [0.25, 0.3) is 5.91 Å². The van der Waals surface area contributed by atoms with Crippen LogP contribution in [0.15, 0.2) is 30.3 Å². The third kappa shape index (κ3) is 3.42. The molecule has 1 atom stereocenters. The Hall–Kier alpha value is -2.21. The number of hydrogen-bond acceptors (Lipinski definition) is 4. The van der Waals surface area contributed by atoms with Gasteiger partial charge in [-0.05, 0) is 49.9 Å². The van der Waals surface area contributed by atoms with Crippen LogP contribution in [0.25, 0.3) is 0 Å². The van der Waals surface area contributed by atoms with Gasteiger partial charge in [0.1, 0.15) is 10.7 Å². The second-order valence-corrected chi connectivity index (χ2v) is 6.57. The van der Waals surface area contributed by atoms with E-state index in [0.29, 0.717) is 4.88 Å². The second kappa shape index (κ2) is 6.50. The number of nitrogens with one attached hydrogen (secondary N) is 1. The quantitative estimate of drug-likeness (QED) is 0.871. The van der Waals surface area contributed by atoms with E-state index in [1.165, 1.54) is 46.9 Å². The summed E-state index contributed by atoms with van der Waals surface area (Å²) in [7, 11) is 0. The summed E-state index contributed by atoms with van der Waals surface area (Å²) in [6.07, 6.45) is 2.11. The second-order valence-electron chi connectivity index (χ2n) is 5.43. The maximum atomic E-state index is 13.5. The van der Waals surface area contributed by atoms with Crippen LogP contribution >= 0.6 is 11.3 Å². The van der Waals surface area contributed by atoms with Crippen LogP contribution in [0.3, 0.4) is 0 Å². The summed E-state index contributed by atoms with van der Waals surface area (Å²) >= 11 is 1.42. The SMILES string of the molecule is C[C@H](OC(=O)c1cc2c(s1)CCC2)C(=O)Nc1ccccc1F. The number of carbonyl (C=O) groups is 2. The number of carbonyl (C=O) groups excluding carboxylic acids is 2. The fourth-order valence-corrected chi connectivity index (χ4v) is 3.64. The zero-order chi connectivity index (χ0) is 16.4. The van der Waals surface area contributed by atoms with Crippen LogP contribution in [0.4, 0.5) is 10.1 Å². The van der Waals surface area contributed by atoms with E-state index in [9.17, 15) is 14.0 Å². The van der Waals surface area contributed by atoms with Gasteiger partial charge in [-0.2, -0.15) is 0 Å². The Bertz CT molecular complexity index is 735. The van der Waals surface area contributed by atoms with Crippen LogP contribution in [0.1, 0.15) is 33.5 Å². The van der Waals surface area contributed by atoms with Gasteiger partial charge in [0.05, 0.1) is 5.69 Å². The first-order valence-electron chi connectivity index (χ1n) is 7.42. The Balaban J connectivity index is 1.61. The summed E-state index contributed by atoms with van der Waals surface area (Å²) < 4.78 is 18.7. The van der Waals surface area contributed by atoms with Gasteiger partial charge in [-0.1, -0.05) is 12.1 Å². The van der Waals surface area contributed by atoms with Crippen molar-refractivity contribution in [1.29, 1.82) is 0 Å². The largest absolute Gasteiger partial charge is 0.448 e. The molecule has 23 heavy (non-hydrogen) atoms. The summed E-state index contributed by atoms with van der Waals surface area (Å²) in [5.41, 5.74) is 1.26. The molecule has 1 aromatic carbocycles. The van der Waals surface area contributed by atoms with Crippen molar-refractivity contribution in [1.82, 2.24) is 0 Å². The van der Waals surface area contributed by atoms with Crippen LogP contribution in [-0.2, 0) is 22.4 Å². The zero-order valence-electron chi connectivity index (χ0n) is 12.6. The highest BCUT2D eigenvalue weighted by Crippen LogP contribution is 2.31. The number of fused-ring (bicyclic) bond motifs is 1. The molecule has 120 valence electrons.